The van der Waals surface area contributed by atoms with Crippen LogP contribution in [0.4, 0.5) is 11.4 Å². The quantitative estimate of drug-likeness (QED) is 0.741. The summed E-state index contributed by atoms with van der Waals surface area (Å²) < 4.78 is 1.75. The molecule has 108 valence electrons. The molecular formula is C16H14Br2N2O. The molecule has 0 unspecified atom stereocenters. The van der Waals surface area contributed by atoms with Crippen LogP contribution in [-0.2, 0) is 0 Å². The minimum absolute atomic E-state index is 0.0190. The lowest BCUT2D eigenvalue weighted by atomic mass is 10.1. The summed E-state index contributed by atoms with van der Waals surface area (Å²) in [7, 11) is 0. The molecule has 0 atom stereocenters. The first kappa shape index (κ1) is 14.6. The van der Waals surface area contributed by atoms with Crippen molar-refractivity contribution in [2.24, 2.45) is 0 Å². The van der Waals surface area contributed by atoms with Crippen LogP contribution in [0.2, 0.25) is 0 Å². The van der Waals surface area contributed by atoms with Gasteiger partial charge in [-0.25, -0.2) is 0 Å². The molecule has 1 aliphatic rings. The predicted molar refractivity (Wildman–Crippen MR) is 93.1 cm³/mol. The second-order valence-electron chi connectivity index (χ2n) is 4.88. The molecule has 1 aliphatic heterocycles. The highest BCUT2D eigenvalue weighted by molar-refractivity contribution is 9.11. The first-order chi connectivity index (χ1) is 10.2. The summed E-state index contributed by atoms with van der Waals surface area (Å²) in [5.74, 6) is 0.0190. The number of carbonyl (C=O) groups is 1. The van der Waals surface area contributed by atoms with E-state index in [2.05, 4.69) is 37.2 Å². The van der Waals surface area contributed by atoms with Crippen LogP contribution >= 0.6 is 31.9 Å². The minimum Gasteiger partial charge on any atom is -0.383 e. The van der Waals surface area contributed by atoms with E-state index in [1.807, 2.05) is 47.4 Å². The molecule has 0 saturated heterocycles. The number of hydrogen-bond donors (Lipinski definition) is 1. The number of nitrogens with one attached hydrogen (secondary N) is 1. The number of carbonyl (C=O) groups excluding carboxylic acids is 1. The van der Waals surface area contributed by atoms with E-state index in [0.29, 0.717) is 12.1 Å². The van der Waals surface area contributed by atoms with Gasteiger partial charge in [0, 0.05) is 22.0 Å². The van der Waals surface area contributed by atoms with Crippen molar-refractivity contribution in [1.82, 2.24) is 0 Å². The standard InChI is InChI=1S/C16H14Br2N2O/c17-11-6-7-12(13(18)10-11)16(21)20-9-3-8-19-14-4-1-2-5-15(14)20/h1-2,4-7,10,19H,3,8-9H2. The molecule has 1 amide bonds. The molecule has 21 heavy (non-hydrogen) atoms. The minimum atomic E-state index is 0.0190. The van der Waals surface area contributed by atoms with E-state index in [1.165, 1.54) is 0 Å². The topological polar surface area (TPSA) is 32.3 Å². The third-order valence-corrected chi connectivity index (χ3v) is 4.62. The first-order valence-corrected chi connectivity index (χ1v) is 8.35. The van der Waals surface area contributed by atoms with Gasteiger partial charge >= 0.3 is 0 Å². The van der Waals surface area contributed by atoms with Gasteiger partial charge in [-0.05, 0) is 52.7 Å². The Morgan fingerprint density at radius 2 is 1.95 bits per heavy atom. The number of fused-ring (bicyclic) bond motifs is 1. The predicted octanol–water partition coefficient (Wildman–Crippen LogP) is 4.67. The van der Waals surface area contributed by atoms with Gasteiger partial charge in [-0.1, -0.05) is 28.1 Å². The van der Waals surface area contributed by atoms with Crippen LogP contribution in [0, 0.1) is 0 Å². The van der Waals surface area contributed by atoms with Gasteiger partial charge in [-0.3, -0.25) is 4.79 Å². The maximum Gasteiger partial charge on any atom is 0.259 e. The Hall–Kier alpha value is -1.33. The van der Waals surface area contributed by atoms with Crippen LogP contribution in [0.25, 0.3) is 0 Å². The van der Waals surface area contributed by atoms with Gasteiger partial charge in [-0.2, -0.15) is 0 Å². The van der Waals surface area contributed by atoms with Crippen molar-refractivity contribution >= 4 is 49.1 Å². The highest BCUT2D eigenvalue weighted by Crippen LogP contribution is 2.31. The highest BCUT2D eigenvalue weighted by atomic mass is 79.9. The Morgan fingerprint density at radius 1 is 1.14 bits per heavy atom. The van der Waals surface area contributed by atoms with Gasteiger partial charge in [0.05, 0.1) is 16.9 Å². The third kappa shape index (κ3) is 2.99. The molecule has 2 aromatic carbocycles. The number of nitrogens with zero attached hydrogens (tertiary/aromatic N) is 1. The van der Waals surface area contributed by atoms with Crippen LogP contribution in [0.1, 0.15) is 16.8 Å². The molecule has 5 heteroatoms. The van der Waals surface area contributed by atoms with E-state index >= 15 is 0 Å². The van der Waals surface area contributed by atoms with Gasteiger partial charge < -0.3 is 10.2 Å². The number of rotatable bonds is 1. The van der Waals surface area contributed by atoms with Gasteiger partial charge in [0.15, 0.2) is 0 Å². The summed E-state index contributed by atoms with van der Waals surface area (Å²) >= 11 is 6.90. The first-order valence-electron chi connectivity index (χ1n) is 6.76. The zero-order valence-electron chi connectivity index (χ0n) is 11.3. The summed E-state index contributed by atoms with van der Waals surface area (Å²) in [6.45, 7) is 1.59. The van der Waals surface area contributed by atoms with E-state index in [9.17, 15) is 4.79 Å². The summed E-state index contributed by atoms with van der Waals surface area (Å²) in [6.07, 6.45) is 0.925. The van der Waals surface area contributed by atoms with Crippen molar-refractivity contribution in [3.63, 3.8) is 0 Å². The van der Waals surface area contributed by atoms with Crippen molar-refractivity contribution in [3.8, 4) is 0 Å². The molecule has 0 spiro atoms. The molecule has 1 heterocycles. The number of para-hydroxylation sites is 2. The fraction of sp³-hybridized carbons (Fsp3) is 0.188. The Balaban J connectivity index is 2.01. The molecular weight excluding hydrogens is 396 g/mol. The second-order valence-corrected chi connectivity index (χ2v) is 6.65. The molecule has 3 rings (SSSR count). The Morgan fingerprint density at radius 3 is 2.76 bits per heavy atom. The average molecular weight is 410 g/mol. The Kier molecular flexibility index (Phi) is 4.31. The zero-order valence-corrected chi connectivity index (χ0v) is 14.4. The van der Waals surface area contributed by atoms with Gasteiger partial charge in [0.2, 0.25) is 0 Å². The smallest absolute Gasteiger partial charge is 0.259 e. The SMILES string of the molecule is O=C(c1ccc(Br)cc1Br)N1CCCNc2ccccc21. The van der Waals surface area contributed by atoms with Crippen molar-refractivity contribution in [1.29, 1.82) is 0 Å². The second kappa shape index (κ2) is 6.20. The van der Waals surface area contributed by atoms with Crippen molar-refractivity contribution in [2.75, 3.05) is 23.3 Å². The number of halogens is 2. The van der Waals surface area contributed by atoms with Crippen LogP contribution in [0.5, 0.6) is 0 Å². The van der Waals surface area contributed by atoms with Crippen LogP contribution < -0.4 is 10.2 Å². The fourth-order valence-corrected chi connectivity index (χ4v) is 3.68. The monoisotopic (exact) mass is 408 g/mol. The molecule has 1 N–H and O–H groups in total. The summed E-state index contributed by atoms with van der Waals surface area (Å²) in [5.41, 5.74) is 2.63. The van der Waals surface area contributed by atoms with Crippen molar-refractivity contribution < 1.29 is 4.79 Å². The van der Waals surface area contributed by atoms with Gasteiger partial charge in [0.1, 0.15) is 0 Å². The summed E-state index contributed by atoms with van der Waals surface area (Å²) in [6, 6.07) is 13.6. The number of hydrogen-bond acceptors (Lipinski definition) is 2. The van der Waals surface area contributed by atoms with Gasteiger partial charge in [-0.15, -0.1) is 0 Å². The average Bonchev–Trinajstić information content (AvgIpc) is 2.69. The maximum absolute atomic E-state index is 12.9. The summed E-state index contributed by atoms with van der Waals surface area (Å²) in [5, 5.41) is 3.37. The number of anilines is 2. The Labute approximate surface area is 140 Å². The molecule has 3 nitrogen and oxygen atoms in total. The highest BCUT2D eigenvalue weighted by Gasteiger charge is 2.23. The van der Waals surface area contributed by atoms with E-state index in [1.54, 1.807) is 0 Å². The normalized spacial score (nSPS) is 14.1. The number of amides is 1. The van der Waals surface area contributed by atoms with Crippen LogP contribution in [0.3, 0.4) is 0 Å². The van der Waals surface area contributed by atoms with Crippen LogP contribution in [-0.4, -0.2) is 19.0 Å². The van der Waals surface area contributed by atoms with E-state index in [-0.39, 0.29) is 5.91 Å². The molecule has 0 radical (unpaired) electrons. The number of benzene rings is 2. The van der Waals surface area contributed by atoms with Crippen molar-refractivity contribution in [2.45, 2.75) is 6.42 Å². The Bertz CT molecular complexity index is 688. The van der Waals surface area contributed by atoms with E-state index in [0.717, 1.165) is 33.3 Å². The zero-order chi connectivity index (χ0) is 14.8. The lowest BCUT2D eigenvalue weighted by molar-refractivity contribution is 0.0986. The lowest BCUT2D eigenvalue weighted by Crippen LogP contribution is -2.31. The van der Waals surface area contributed by atoms with Crippen molar-refractivity contribution in [3.05, 3.63) is 57.0 Å². The fourth-order valence-electron chi connectivity index (χ4n) is 2.46. The van der Waals surface area contributed by atoms with Crippen LogP contribution in [0.15, 0.2) is 51.4 Å². The van der Waals surface area contributed by atoms with Gasteiger partial charge in [0.25, 0.3) is 5.91 Å². The van der Waals surface area contributed by atoms with E-state index < -0.39 is 0 Å². The lowest BCUT2D eigenvalue weighted by Gasteiger charge is -2.23. The maximum atomic E-state index is 12.9. The molecule has 0 fully saturated rings. The molecule has 0 aliphatic carbocycles. The molecule has 0 bridgehead atoms. The molecule has 2 aromatic rings. The largest absolute Gasteiger partial charge is 0.383 e. The summed E-state index contributed by atoms with van der Waals surface area (Å²) in [4.78, 5) is 14.8. The molecule has 0 saturated carbocycles. The molecule has 0 aromatic heterocycles. The van der Waals surface area contributed by atoms with E-state index in [4.69, 9.17) is 0 Å². The third-order valence-electron chi connectivity index (χ3n) is 3.48.